The summed E-state index contributed by atoms with van der Waals surface area (Å²) in [5.74, 6) is 1.33. The Balaban J connectivity index is 1.16. The van der Waals surface area contributed by atoms with Crippen LogP contribution < -0.4 is 19.7 Å². The number of piperidine rings is 2. The highest BCUT2D eigenvalue weighted by atomic mass is 16.5. The number of hydrogen-bond acceptors (Lipinski definition) is 7. The lowest BCUT2D eigenvalue weighted by molar-refractivity contribution is -0.161. The number of pyridine rings is 1. The minimum absolute atomic E-state index is 0.0619. The molecule has 0 bridgehead atoms. The molecule has 4 heterocycles. The zero-order valence-corrected chi connectivity index (χ0v) is 21.7. The maximum absolute atomic E-state index is 13.7. The first-order chi connectivity index (χ1) is 18.1. The Morgan fingerprint density at radius 2 is 1.78 bits per heavy atom. The SMILES string of the molecule is COc1ccc(N2CC3(CCNCC3)OC(c3ccc(OC4CCN(C5CCC5)CC4)nc3)C2=O)cc1. The van der Waals surface area contributed by atoms with Crippen molar-refractivity contribution in [3.8, 4) is 11.6 Å². The highest BCUT2D eigenvalue weighted by Crippen LogP contribution is 2.39. The molecule has 1 unspecified atom stereocenters. The first-order valence-electron chi connectivity index (χ1n) is 13.8. The van der Waals surface area contributed by atoms with Crippen molar-refractivity contribution in [1.82, 2.24) is 15.2 Å². The van der Waals surface area contributed by atoms with Crippen LogP contribution in [0.5, 0.6) is 11.6 Å². The van der Waals surface area contributed by atoms with Crippen molar-refractivity contribution in [3.63, 3.8) is 0 Å². The Morgan fingerprint density at radius 3 is 2.41 bits per heavy atom. The molecule has 1 amide bonds. The van der Waals surface area contributed by atoms with Gasteiger partial charge in [0.2, 0.25) is 5.88 Å². The molecule has 8 heteroatoms. The molecule has 198 valence electrons. The number of ether oxygens (including phenoxy) is 3. The fourth-order valence-electron chi connectivity index (χ4n) is 6.09. The molecule has 1 saturated carbocycles. The molecule has 8 nitrogen and oxygen atoms in total. The highest BCUT2D eigenvalue weighted by molar-refractivity contribution is 5.98. The zero-order chi connectivity index (χ0) is 25.2. The summed E-state index contributed by atoms with van der Waals surface area (Å²) >= 11 is 0. The van der Waals surface area contributed by atoms with Gasteiger partial charge in [0.1, 0.15) is 11.9 Å². The van der Waals surface area contributed by atoms with E-state index in [0.29, 0.717) is 12.4 Å². The third-order valence-electron chi connectivity index (χ3n) is 8.62. The van der Waals surface area contributed by atoms with Crippen molar-refractivity contribution in [2.75, 3.05) is 44.7 Å². The van der Waals surface area contributed by atoms with Gasteiger partial charge in [-0.15, -0.1) is 0 Å². The smallest absolute Gasteiger partial charge is 0.260 e. The quantitative estimate of drug-likeness (QED) is 0.640. The molecule has 1 aromatic carbocycles. The van der Waals surface area contributed by atoms with Crippen LogP contribution in [0.15, 0.2) is 42.6 Å². The number of rotatable bonds is 6. The third kappa shape index (κ3) is 5.19. The Bertz CT molecular complexity index is 1060. The lowest BCUT2D eigenvalue weighted by Crippen LogP contribution is -2.59. The maximum atomic E-state index is 13.7. The number of nitrogens with one attached hydrogen (secondary N) is 1. The molecule has 0 radical (unpaired) electrons. The predicted octanol–water partition coefficient (Wildman–Crippen LogP) is 3.71. The van der Waals surface area contributed by atoms with Gasteiger partial charge in [-0.2, -0.15) is 0 Å². The molecule has 1 aliphatic carbocycles. The topological polar surface area (TPSA) is 76.2 Å². The van der Waals surface area contributed by atoms with E-state index in [1.165, 1.54) is 19.3 Å². The van der Waals surface area contributed by atoms with Gasteiger partial charge in [0.25, 0.3) is 5.91 Å². The second-order valence-electron chi connectivity index (χ2n) is 10.9. The molecule has 1 spiro atoms. The normalized spacial score (nSPS) is 25.2. The number of morpholine rings is 1. The zero-order valence-electron chi connectivity index (χ0n) is 21.7. The monoisotopic (exact) mass is 506 g/mol. The van der Waals surface area contributed by atoms with Crippen LogP contribution in [0, 0.1) is 0 Å². The molecule has 3 aliphatic heterocycles. The number of aromatic nitrogens is 1. The van der Waals surface area contributed by atoms with Crippen LogP contribution in [-0.4, -0.2) is 73.4 Å². The number of carbonyl (C=O) groups is 1. The predicted molar refractivity (Wildman–Crippen MR) is 141 cm³/mol. The van der Waals surface area contributed by atoms with Crippen LogP contribution >= 0.6 is 0 Å². The molecule has 2 aromatic rings. The second kappa shape index (κ2) is 10.6. The highest BCUT2D eigenvalue weighted by Gasteiger charge is 2.47. The first-order valence-corrected chi connectivity index (χ1v) is 13.8. The molecular formula is C29H38N4O4. The van der Waals surface area contributed by atoms with Gasteiger partial charge in [-0.25, -0.2) is 4.98 Å². The van der Waals surface area contributed by atoms with Crippen LogP contribution in [0.2, 0.25) is 0 Å². The van der Waals surface area contributed by atoms with Gasteiger partial charge < -0.3 is 29.3 Å². The summed E-state index contributed by atoms with van der Waals surface area (Å²) in [7, 11) is 1.65. The minimum Gasteiger partial charge on any atom is -0.497 e. The average Bonchev–Trinajstić information content (AvgIpc) is 2.91. The summed E-state index contributed by atoms with van der Waals surface area (Å²) in [5.41, 5.74) is 1.25. The van der Waals surface area contributed by atoms with E-state index in [4.69, 9.17) is 14.2 Å². The Hall–Kier alpha value is -2.68. The maximum Gasteiger partial charge on any atom is 0.260 e. The Morgan fingerprint density at radius 1 is 1.03 bits per heavy atom. The van der Waals surface area contributed by atoms with E-state index in [9.17, 15) is 4.79 Å². The molecule has 4 aliphatic rings. The lowest BCUT2D eigenvalue weighted by atomic mass is 9.88. The van der Waals surface area contributed by atoms with Crippen molar-refractivity contribution < 1.29 is 19.0 Å². The number of anilines is 1. The van der Waals surface area contributed by atoms with E-state index >= 15 is 0 Å². The summed E-state index contributed by atoms with van der Waals surface area (Å²) in [4.78, 5) is 22.8. The molecule has 1 atom stereocenters. The van der Waals surface area contributed by atoms with Crippen molar-refractivity contribution in [3.05, 3.63) is 48.2 Å². The fraction of sp³-hybridized carbons (Fsp3) is 0.586. The number of methoxy groups -OCH3 is 1. The van der Waals surface area contributed by atoms with Gasteiger partial charge in [0.05, 0.1) is 19.3 Å². The third-order valence-corrected chi connectivity index (χ3v) is 8.62. The molecular weight excluding hydrogens is 468 g/mol. The van der Waals surface area contributed by atoms with E-state index in [2.05, 4.69) is 15.2 Å². The van der Waals surface area contributed by atoms with Crippen molar-refractivity contribution in [1.29, 1.82) is 0 Å². The number of amides is 1. The molecule has 1 N–H and O–H groups in total. The largest absolute Gasteiger partial charge is 0.497 e. The summed E-state index contributed by atoms with van der Waals surface area (Å²) in [6, 6.07) is 12.3. The van der Waals surface area contributed by atoms with E-state index in [0.717, 1.165) is 74.9 Å². The van der Waals surface area contributed by atoms with Gasteiger partial charge in [0, 0.05) is 42.6 Å². The summed E-state index contributed by atoms with van der Waals surface area (Å²) in [5, 5.41) is 3.42. The van der Waals surface area contributed by atoms with Crippen LogP contribution in [-0.2, 0) is 9.53 Å². The van der Waals surface area contributed by atoms with Crippen molar-refractivity contribution in [2.45, 2.75) is 68.8 Å². The summed E-state index contributed by atoms with van der Waals surface area (Å²) < 4.78 is 18.2. The molecule has 37 heavy (non-hydrogen) atoms. The van der Waals surface area contributed by atoms with Crippen LogP contribution in [0.4, 0.5) is 5.69 Å². The van der Waals surface area contributed by atoms with Gasteiger partial charge in [-0.05, 0) is 81.9 Å². The van der Waals surface area contributed by atoms with E-state index in [1.807, 2.05) is 41.3 Å². The van der Waals surface area contributed by atoms with E-state index in [-0.39, 0.29) is 17.6 Å². The lowest BCUT2D eigenvalue weighted by Gasteiger charge is -2.47. The van der Waals surface area contributed by atoms with Crippen molar-refractivity contribution >= 4 is 11.6 Å². The summed E-state index contributed by atoms with van der Waals surface area (Å²) in [6.07, 6.45) is 9.14. The van der Waals surface area contributed by atoms with Crippen molar-refractivity contribution in [2.24, 2.45) is 0 Å². The Kier molecular flexibility index (Phi) is 7.06. The number of carbonyl (C=O) groups excluding carboxylic acids is 1. The van der Waals surface area contributed by atoms with Crippen LogP contribution in [0.25, 0.3) is 0 Å². The van der Waals surface area contributed by atoms with Gasteiger partial charge in [-0.3, -0.25) is 4.79 Å². The first kappa shape index (κ1) is 24.6. The van der Waals surface area contributed by atoms with E-state index < -0.39 is 6.10 Å². The fourth-order valence-corrected chi connectivity index (χ4v) is 6.09. The summed E-state index contributed by atoms with van der Waals surface area (Å²) in [6.45, 7) is 4.51. The molecule has 4 fully saturated rings. The van der Waals surface area contributed by atoms with Gasteiger partial charge >= 0.3 is 0 Å². The molecule has 1 aromatic heterocycles. The number of nitrogens with zero attached hydrogens (tertiary/aromatic N) is 3. The number of benzene rings is 1. The van der Waals surface area contributed by atoms with Gasteiger partial charge in [0.15, 0.2) is 6.10 Å². The van der Waals surface area contributed by atoms with Crippen LogP contribution in [0.3, 0.4) is 0 Å². The van der Waals surface area contributed by atoms with E-state index in [1.54, 1.807) is 13.3 Å². The molecule has 3 saturated heterocycles. The Labute approximate surface area is 219 Å². The standard InChI is InChI=1S/C29H38N4O4/c1-35-24-8-6-23(7-9-24)33-20-29(13-15-30-16-14-29)37-27(28(33)34)21-5-10-26(31-19-21)36-25-11-17-32(18-12-25)22-3-2-4-22/h5-10,19,22,25,27,30H,2-4,11-18,20H2,1H3. The average molecular weight is 507 g/mol. The van der Waals surface area contributed by atoms with Crippen LogP contribution in [0.1, 0.15) is 56.6 Å². The second-order valence-corrected chi connectivity index (χ2v) is 10.9. The van der Waals surface area contributed by atoms with Gasteiger partial charge in [-0.1, -0.05) is 6.42 Å². The molecule has 6 rings (SSSR count). The minimum atomic E-state index is -0.693. The number of hydrogen-bond donors (Lipinski definition) is 1. The number of likely N-dealkylation sites (tertiary alicyclic amines) is 1.